The Labute approximate surface area is 246 Å². The lowest BCUT2D eigenvalue weighted by Crippen LogP contribution is -2.33. The van der Waals surface area contributed by atoms with Crippen molar-refractivity contribution in [1.82, 2.24) is 10.3 Å². The van der Waals surface area contributed by atoms with Crippen molar-refractivity contribution in [3.05, 3.63) is 150 Å². The van der Waals surface area contributed by atoms with E-state index in [1.165, 1.54) is 21.5 Å². The Morgan fingerprint density at radius 1 is 0.558 bits per heavy atom. The minimum Gasteiger partial charge on any atom is -0.454 e. The van der Waals surface area contributed by atoms with Crippen molar-refractivity contribution >= 4 is 66.1 Å². The molecule has 0 saturated heterocycles. The molecule has 2 aromatic heterocycles. The Balaban J connectivity index is 1.32. The number of hydrogen-bond donors (Lipinski definition) is 1. The molecule has 1 aliphatic rings. The summed E-state index contributed by atoms with van der Waals surface area (Å²) in [6.07, 6.45) is 1.48. The van der Waals surface area contributed by atoms with Gasteiger partial charge in [0.2, 0.25) is 0 Å². The molecular formula is C38H24N4O. The zero-order valence-electron chi connectivity index (χ0n) is 23.0. The molecule has 1 N–H and O–H groups in total. The van der Waals surface area contributed by atoms with E-state index < -0.39 is 0 Å². The molecule has 1 unspecified atom stereocenters. The number of furan rings is 1. The molecular weight excluding hydrogens is 528 g/mol. The molecule has 0 saturated carbocycles. The lowest BCUT2D eigenvalue weighted by atomic mass is 9.94. The summed E-state index contributed by atoms with van der Waals surface area (Å²) in [7, 11) is 0. The Bertz CT molecular complexity index is 2440. The van der Waals surface area contributed by atoms with Crippen molar-refractivity contribution < 1.29 is 4.42 Å². The summed E-state index contributed by atoms with van der Waals surface area (Å²) in [4.78, 5) is 15.1. The first-order valence-corrected chi connectivity index (χ1v) is 14.4. The molecule has 8 aromatic rings. The maximum atomic E-state index is 6.17. The monoisotopic (exact) mass is 552 g/mol. The van der Waals surface area contributed by atoms with E-state index in [2.05, 4.69) is 95.2 Å². The van der Waals surface area contributed by atoms with E-state index in [1.807, 2.05) is 42.5 Å². The van der Waals surface area contributed by atoms with Crippen molar-refractivity contribution in [3.63, 3.8) is 0 Å². The first-order chi connectivity index (χ1) is 21.3. The average Bonchev–Trinajstić information content (AvgIpc) is 3.47. The zero-order valence-corrected chi connectivity index (χ0v) is 23.0. The van der Waals surface area contributed by atoms with E-state index >= 15 is 0 Å². The van der Waals surface area contributed by atoms with E-state index in [1.54, 1.807) is 6.20 Å². The first kappa shape index (κ1) is 23.9. The molecule has 5 heteroatoms. The van der Waals surface area contributed by atoms with Crippen molar-refractivity contribution in [2.75, 3.05) is 0 Å². The number of benzene rings is 6. The molecule has 0 spiro atoms. The van der Waals surface area contributed by atoms with Gasteiger partial charge in [-0.1, -0.05) is 109 Å². The van der Waals surface area contributed by atoms with E-state index in [9.17, 15) is 0 Å². The third-order valence-electron chi connectivity index (χ3n) is 8.37. The van der Waals surface area contributed by atoms with Gasteiger partial charge in [-0.3, -0.25) is 4.98 Å². The van der Waals surface area contributed by atoms with E-state index in [-0.39, 0.29) is 6.17 Å². The number of hydrogen-bond acceptors (Lipinski definition) is 5. The van der Waals surface area contributed by atoms with Crippen molar-refractivity contribution in [3.8, 4) is 0 Å². The van der Waals surface area contributed by atoms with Crippen LogP contribution >= 0.6 is 0 Å². The number of rotatable bonds is 3. The van der Waals surface area contributed by atoms with Crippen LogP contribution in [-0.4, -0.2) is 16.7 Å². The number of fused-ring (bicyclic) bond motifs is 8. The molecule has 3 heterocycles. The maximum Gasteiger partial charge on any atom is 0.160 e. The van der Waals surface area contributed by atoms with Gasteiger partial charge in [0.15, 0.2) is 11.4 Å². The van der Waals surface area contributed by atoms with Gasteiger partial charge < -0.3 is 9.73 Å². The van der Waals surface area contributed by atoms with Crippen LogP contribution in [0, 0.1) is 0 Å². The van der Waals surface area contributed by atoms with Crippen LogP contribution in [0.3, 0.4) is 0 Å². The topological polar surface area (TPSA) is 62.8 Å². The maximum absolute atomic E-state index is 6.17. The summed E-state index contributed by atoms with van der Waals surface area (Å²) < 4.78 is 6.17. The highest BCUT2D eigenvalue weighted by atomic mass is 16.3. The third-order valence-corrected chi connectivity index (χ3v) is 8.37. The highest BCUT2D eigenvalue weighted by Crippen LogP contribution is 2.36. The molecule has 0 aliphatic carbocycles. The van der Waals surface area contributed by atoms with Gasteiger partial charge in [0.05, 0.1) is 5.39 Å². The molecule has 0 radical (unpaired) electrons. The van der Waals surface area contributed by atoms with Crippen LogP contribution in [0.5, 0.6) is 0 Å². The highest BCUT2D eigenvalue weighted by Gasteiger charge is 2.25. The van der Waals surface area contributed by atoms with Gasteiger partial charge in [0, 0.05) is 22.7 Å². The Kier molecular flexibility index (Phi) is 5.19. The molecule has 1 aliphatic heterocycles. The van der Waals surface area contributed by atoms with Crippen molar-refractivity contribution in [2.45, 2.75) is 6.17 Å². The predicted octanol–water partition coefficient (Wildman–Crippen LogP) is 8.94. The van der Waals surface area contributed by atoms with E-state index in [0.29, 0.717) is 5.84 Å². The minimum absolute atomic E-state index is 0.323. The van der Waals surface area contributed by atoms with Crippen LogP contribution < -0.4 is 5.32 Å². The molecule has 202 valence electrons. The normalized spacial score (nSPS) is 15.2. The summed E-state index contributed by atoms with van der Waals surface area (Å²) in [5.41, 5.74) is 5.34. The molecule has 43 heavy (non-hydrogen) atoms. The van der Waals surface area contributed by atoms with Gasteiger partial charge >= 0.3 is 0 Å². The number of aliphatic imine (C=N–C) groups is 2. The second-order valence-electron chi connectivity index (χ2n) is 10.9. The van der Waals surface area contributed by atoms with Crippen LogP contribution in [0.25, 0.3) is 54.4 Å². The van der Waals surface area contributed by atoms with Crippen LogP contribution in [0.4, 0.5) is 0 Å². The molecule has 6 aromatic carbocycles. The Morgan fingerprint density at radius 3 is 2.28 bits per heavy atom. The standard InChI is InChI=1S/C38H24N4O/c1-2-10-25(11-3-1)36-40-37(42-38(41-36)30-15-7-16-31-34(30)35-32(43-31)17-8-22-39-35)29-14-6-12-24-19-20-27-26-13-5-4-9-23(26)18-21-28(27)33(24)29/h1-22,36H,(H,40,41,42). The smallest absolute Gasteiger partial charge is 0.160 e. The van der Waals surface area contributed by atoms with Crippen molar-refractivity contribution in [1.29, 1.82) is 0 Å². The Hall–Kier alpha value is -5.81. The lowest BCUT2D eigenvalue weighted by molar-refractivity contribution is 0.667. The number of amidine groups is 2. The number of aromatic nitrogens is 1. The van der Waals surface area contributed by atoms with Crippen molar-refractivity contribution in [2.24, 2.45) is 9.98 Å². The molecule has 0 fully saturated rings. The van der Waals surface area contributed by atoms with Gasteiger partial charge in [-0.2, -0.15) is 0 Å². The average molecular weight is 553 g/mol. The minimum atomic E-state index is -0.323. The van der Waals surface area contributed by atoms with Crippen LogP contribution in [0.1, 0.15) is 22.9 Å². The van der Waals surface area contributed by atoms with Gasteiger partial charge in [0.25, 0.3) is 0 Å². The molecule has 9 rings (SSSR count). The van der Waals surface area contributed by atoms with Crippen LogP contribution in [0.2, 0.25) is 0 Å². The second-order valence-corrected chi connectivity index (χ2v) is 10.9. The molecule has 1 atom stereocenters. The quantitative estimate of drug-likeness (QED) is 0.223. The summed E-state index contributed by atoms with van der Waals surface area (Å²) in [6, 6.07) is 44.0. The number of nitrogens with one attached hydrogen (secondary N) is 1. The Morgan fingerprint density at radius 2 is 1.33 bits per heavy atom. The lowest BCUT2D eigenvalue weighted by Gasteiger charge is -2.24. The van der Waals surface area contributed by atoms with E-state index in [4.69, 9.17) is 14.4 Å². The predicted molar refractivity (Wildman–Crippen MR) is 176 cm³/mol. The van der Waals surface area contributed by atoms with Crippen LogP contribution in [-0.2, 0) is 0 Å². The largest absolute Gasteiger partial charge is 0.454 e. The number of pyridine rings is 1. The molecule has 0 amide bonds. The highest BCUT2D eigenvalue weighted by molar-refractivity contribution is 6.27. The fourth-order valence-electron chi connectivity index (χ4n) is 6.41. The molecule has 5 nitrogen and oxygen atoms in total. The second kappa shape index (κ2) is 9.36. The van der Waals surface area contributed by atoms with Gasteiger partial charge in [0.1, 0.15) is 23.1 Å². The first-order valence-electron chi connectivity index (χ1n) is 14.4. The third kappa shape index (κ3) is 3.75. The van der Waals surface area contributed by atoms with Gasteiger partial charge in [-0.05, 0) is 50.7 Å². The zero-order chi connectivity index (χ0) is 28.3. The van der Waals surface area contributed by atoms with Gasteiger partial charge in [-0.15, -0.1) is 0 Å². The summed E-state index contributed by atoms with van der Waals surface area (Å²) in [5.74, 6) is 1.42. The summed E-state index contributed by atoms with van der Waals surface area (Å²) in [6.45, 7) is 0. The van der Waals surface area contributed by atoms with Crippen LogP contribution in [0.15, 0.2) is 148 Å². The summed E-state index contributed by atoms with van der Waals surface area (Å²) >= 11 is 0. The number of nitrogens with zero attached hydrogens (tertiary/aromatic N) is 3. The van der Waals surface area contributed by atoms with E-state index in [0.717, 1.165) is 55.4 Å². The summed E-state index contributed by atoms with van der Waals surface area (Å²) in [5, 5.41) is 11.7. The fraction of sp³-hybridized carbons (Fsp3) is 0.0263. The fourth-order valence-corrected chi connectivity index (χ4v) is 6.41. The SMILES string of the molecule is c1ccc(C2N=C(c3cccc4ccc5c6ccccc6ccc5c34)N=C(c3cccc4oc5cccnc5c34)N2)cc1. The van der Waals surface area contributed by atoms with Gasteiger partial charge in [-0.25, -0.2) is 9.98 Å². The molecule has 0 bridgehead atoms.